The molecule has 0 N–H and O–H groups in total. The van der Waals surface area contributed by atoms with Crippen LogP contribution in [0.5, 0.6) is 0 Å². The lowest BCUT2D eigenvalue weighted by Gasteiger charge is -2.12. The van der Waals surface area contributed by atoms with Crippen molar-refractivity contribution in [2.24, 2.45) is 0 Å². The second-order valence-electron chi connectivity index (χ2n) is 8.11. The molecule has 0 saturated heterocycles. The monoisotopic (exact) mass is 455 g/mol. The van der Waals surface area contributed by atoms with Gasteiger partial charge in [0.1, 0.15) is 11.5 Å². The number of imidazole rings is 1. The Labute approximate surface area is 200 Å². The number of benzene rings is 2. The van der Waals surface area contributed by atoms with E-state index in [1.807, 2.05) is 30.0 Å². The van der Waals surface area contributed by atoms with Gasteiger partial charge in [-0.2, -0.15) is 0 Å². The maximum absolute atomic E-state index is 11.8. The number of rotatable bonds is 8. The van der Waals surface area contributed by atoms with E-state index in [1.54, 1.807) is 6.92 Å². The number of ether oxygens (including phenoxy) is 2. The molecule has 6 heteroatoms. The summed E-state index contributed by atoms with van der Waals surface area (Å²) in [5, 5.41) is 0. The molecule has 0 unspecified atom stereocenters. The van der Waals surface area contributed by atoms with Gasteiger partial charge in [-0.1, -0.05) is 42.5 Å². The van der Waals surface area contributed by atoms with Crippen molar-refractivity contribution < 1.29 is 14.3 Å². The maximum atomic E-state index is 11.8. The van der Waals surface area contributed by atoms with Crippen molar-refractivity contribution in [3.8, 4) is 33.9 Å². The van der Waals surface area contributed by atoms with Gasteiger partial charge >= 0.3 is 5.97 Å². The third-order valence-corrected chi connectivity index (χ3v) is 5.64. The van der Waals surface area contributed by atoms with Gasteiger partial charge in [-0.15, -0.1) is 0 Å². The zero-order chi connectivity index (χ0) is 24.1. The molecule has 2 aromatic carbocycles. The summed E-state index contributed by atoms with van der Waals surface area (Å²) in [6, 6.07) is 16.8. The molecule has 2 aliphatic rings. The quantitative estimate of drug-likeness (QED) is 0.190. The molecule has 2 aromatic rings. The van der Waals surface area contributed by atoms with Crippen molar-refractivity contribution in [2.75, 3.05) is 13.2 Å². The first-order chi connectivity index (χ1) is 16.5. The Morgan fingerprint density at radius 2 is 1.53 bits per heavy atom. The summed E-state index contributed by atoms with van der Waals surface area (Å²) in [5.74, 6) is 0.811. The minimum atomic E-state index is -0.410. The van der Waals surface area contributed by atoms with E-state index in [2.05, 4.69) is 56.3 Å². The van der Waals surface area contributed by atoms with Crippen LogP contribution in [0, 0.1) is 13.8 Å². The van der Waals surface area contributed by atoms with Crippen molar-refractivity contribution in [2.45, 2.75) is 34.2 Å². The largest absolute Gasteiger partial charge is 0.496 e. The molecule has 4 rings (SSSR count). The van der Waals surface area contributed by atoms with Crippen molar-refractivity contribution in [1.29, 1.82) is 0 Å². The Bertz CT molecular complexity index is 1290. The van der Waals surface area contributed by atoms with Crippen molar-refractivity contribution in [3.63, 3.8) is 0 Å². The van der Waals surface area contributed by atoms with Crippen molar-refractivity contribution >= 4 is 5.97 Å². The SMILES string of the molecule is CCOC(=O)C=C(Cn1ccc2nc(-c3ccc(-c4ccc(C)c(C)c4)cc3)nc-2c1)OCC. The minimum Gasteiger partial charge on any atom is -0.496 e. The minimum absolute atomic E-state index is 0.325. The van der Waals surface area contributed by atoms with Gasteiger partial charge in [0.2, 0.25) is 0 Å². The number of hydrogen-bond acceptors (Lipinski definition) is 5. The summed E-state index contributed by atoms with van der Waals surface area (Å²) in [5.41, 5.74) is 7.50. The Hall–Kier alpha value is -3.93. The number of aromatic nitrogens is 3. The normalized spacial score (nSPS) is 11.6. The molecule has 2 heterocycles. The van der Waals surface area contributed by atoms with Gasteiger partial charge in [0.05, 0.1) is 31.5 Å². The summed E-state index contributed by atoms with van der Waals surface area (Å²) in [7, 11) is 0. The summed E-state index contributed by atoms with van der Waals surface area (Å²) >= 11 is 0. The topological polar surface area (TPSA) is 66.2 Å². The first kappa shape index (κ1) is 23.2. The zero-order valence-corrected chi connectivity index (χ0v) is 20.0. The summed E-state index contributed by atoms with van der Waals surface area (Å²) < 4.78 is 12.5. The highest BCUT2D eigenvalue weighted by atomic mass is 16.5. The molecule has 0 radical (unpaired) electrons. The van der Waals surface area contributed by atoms with E-state index >= 15 is 0 Å². The van der Waals surface area contributed by atoms with Crippen LogP contribution in [-0.2, 0) is 20.8 Å². The maximum Gasteiger partial charge on any atom is 0.334 e. The average molecular weight is 456 g/mol. The predicted octanol–water partition coefficient (Wildman–Crippen LogP) is 5.82. The fourth-order valence-corrected chi connectivity index (χ4v) is 3.73. The molecule has 0 spiro atoms. The number of hydrogen-bond donors (Lipinski definition) is 0. The molecule has 6 nitrogen and oxygen atoms in total. The molecule has 0 aromatic heterocycles. The Morgan fingerprint density at radius 1 is 0.853 bits per heavy atom. The van der Waals surface area contributed by atoms with E-state index < -0.39 is 5.97 Å². The molecule has 0 amide bonds. The van der Waals surface area contributed by atoms with Crippen molar-refractivity contribution in [1.82, 2.24) is 14.5 Å². The second-order valence-corrected chi connectivity index (χ2v) is 8.11. The summed E-state index contributed by atoms with van der Waals surface area (Å²) in [6.07, 6.45) is 5.21. The van der Waals surface area contributed by atoms with E-state index in [1.165, 1.54) is 22.8 Å². The number of pyridine rings is 1. The number of aryl methyl sites for hydroxylation is 2. The van der Waals surface area contributed by atoms with E-state index in [0.29, 0.717) is 31.3 Å². The molecule has 0 atom stereocenters. The molecular formula is C28H29N3O3. The number of nitrogens with zero attached hydrogens (tertiary/aromatic N) is 3. The number of carbonyl (C=O) groups is 1. The Balaban J connectivity index is 1.55. The zero-order valence-electron chi connectivity index (χ0n) is 20.0. The standard InChI is InChI=1S/C28H29N3O3/c1-5-33-24(16-27(32)34-6-2)17-31-14-13-25-26(18-31)30-28(29-25)22-11-9-21(10-12-22)23-8-7-19(3)20(4)15-23/h7-16,18H,5-6,17H2,1-4H3. The fourth-order valence-electron chi connectivity index (χ4n) is 3.73. The summed E-state index contributed by atoms with van der Waals surface area (Å²) in [6.45, 7) is 9.10. The fraction of sp³-hybridized carbons (Fsp3) is 0.250. The molecule has 0 fully saturated rings. The van der Waals surface area contributed by atoms with Crippen molar-refractivity contribution in [3.05, 3.63) is 83.9 Å². The van der Waals surface area contributed by atoms with Gasteiger partial charge in [-0.25, -0.2) is 14.8 Å². The van der Waals surface area contributed by atoms with Crippen LogP contribution in [-0.4, -0.2) is 33.7 Å². The Kier molecular flexibility index (Phi) is 7.07. The van der Waals surface area contributed by atoms with Crippen LogP contribution in [0.15, 0.2) is 72.8 Å². The van der Waals surface area contributed by atoms with Crippen LogP contribution in [0.2, 0.25) is 0 Å². The van der Waals surface area contributed by atoms with Gasteiger partial charge in [-0.05, 0) is 56.0 Å². The van der Waals surface area contributed by atoms with Crippen LogP contribution in [0.3, 0.4) is 0 Å². The molecular weight excluding hydrogens is 426 g/mol. The third-order valence-electron chi connectivity index (χ3n) is 5.64. The average Bonchev–Trinajstić information content (AvgIpc) is 3.25. The van der Waals surface area contributed by atoms with Gasteiger partial charge in [-0.3, -0.25) is 0 Å². The third kappa shape index (κ3) is 5.34. The number of allylic oxidation sites excluding steroid dienone is 1. The number of esters is 1. The van der Waals surface area contributed by atoms with E-state index in [-0.39, 0.29) is 0 Å². The van der Waals surface area contributed by atoms with Gasteiger partial charge in [0.25, 0.3) is 0 Å². The van der Waals surface area contributed by atoms with Gasteiger partial charge in [0, 0.05) is 18.0 Å². The number of carbonyl (C=O) groups excluding carboxylic acids is 1. The predicted molar refractivity (Wildman–Crippen MR) is 133 cm³/mol. The number of fused-ring (bicyclic) bond motifs is 1. The van der Waals surface area contributed by atoms with E-state index in [9.17, 15) is 4.79 Å². The highest BCUT2D eigenvalue weighted by molar-refractivity contribution is 5.82. The molecule has 0 aliphatic carbocycles. The smallest absolute Gasteiger partial charge is 0.334 e. The van der Waals surface area contributed by atoms with Crippen LogP contribution in [0.1, 0.15) is 25.0 Å². The lowest BCUT2D eigenvalue weighted by Crippen LogP contribution is -2.09. The highest BCUT2D eigenvalue weighted by Gasteiger charge is 2.14. The van der Waals surface area contributed by atoms with E-state index in [4.69, 9.17) is 19.4 Å². The van der Waals surface area contributed by atoms with Crippen LogP contribution < -0.4 is 0 Å². The van der Waals surface area contributed by atoms with Crippen LogP contribution in [0.25, 0.3) is 33.9 Å². The molecule has 2 aliphatic heterocycles. The molecule has 0 saturated carbocycles. The first-order valence-corrected chi connectivity index (χ1v) is 11.5. The highest BCUT2D eigenvalue weighted by Crippen LogP contribution is 2.28. The van der Waals surface area contributed by atoms with Gasteiger partial charge < -0.3 is 14.0 Å². The molecule has 0 bridgehead atoms. The van der Waals surface area contributed by atoms with Gasteiger partial charge in [0.15, 0.2) is 5.82 Å². The van der Waals surface area contributed by atoms with Crippen LogP contribution in [0.4, 0.5) is 0 Å². The lowest BCUT2D eigenvalue weighted by molar-refractivity contribution is -0.137. The van der Waals surface area contributed by atoms with Crippen LogP contribution >= 0.6 is 0 Å². The lowest BCUT2D eigenvalue weighted by atomic mass is 9.99. The molecule has 34 heavy (non-hydrogen) atoms. The Morgan fingerprint density at radius 3 is 2.24 bits per heavy atom. The first-order valence-electron chi connectivity index (χ1n) is 11.5. The summed E-state index contributed by atoms with van der Waals surface area (Å²) in [4.78, 5) is 21.3. The second kappa shape index (κ2) is 10.3. The van der Waals surface area contributed by atoms with E-state index in [0.717, 1.165) is 22.5 Å². The molecule has 174 valence electrons.